The van der Waals surface area contributed by atoms with Gasteiger partial charge in [0.1, 0.15) is 17.9 Å². The Morgan fingerprint density at radius 2 is 1.80 bits per heavy atom. The molecule has 1 fully saturated rings. The first-order valence-electron chi connectivity index (χ1n) is 8.66. The van der Waals surface area contributed by atoms with Crippen molar-refractivity contribution in [2.24, 2.45) is 0 Å². The summed E-state index contributed by atoms with van der Waals surface area (Å²) >= 11 is 7.17. The number of nitrogens with zero attached hydrogens (tertiary/aromatic N) is 3. The van der Waals surface area contributed by atoms with Crippen molar-refractivity contribution in [1.29, 1.82) is 0 Å². The third-order valence-corrected chi connectivity index (χ3v) is 5.82. The fourth-order valence-corrected chi connectivity index (χ4v) is 3.65. The Bertz CT molecular complexity index is 1080. The number of amides is 2. The Balaban J connectivity index is 1.78. The monoisotopic (exact) mass is 537 g/mol. The second-order valence-electron chi connectivity index (χ2n) is 6.47. The van der Waals surface area contributed by atoms with E-state index in [0.29, 0.717) is 16.9 Å². The maximum atomic E-state index is 12.4. The van der Waals surface area contributed by atoms with Gasteiger partial charge in [-0.1, -0.05) is 18.2 Å². The lowest BCUT2D eigenvalue weighted by atomic mass is 10.1. The zero-order valence-corrected chi connectivity index (χ0v) is 19.0. The number of carbonyl (C=O) groups excluding carboxylic acids is 2. The number of halogens is 1. The van der Waals surface area contributed by atoms with E-state index in [1.807, 2.05) is 0 Å². The summed E-state index contributed by atoms with van der Waals surface area (Å²) in [5.41, 5.74) is 1.36. The molecule has 1 aliphatic rings. The lowest BCUT2D eigenvalue weighted by Gasteiger charge is -2.31. The van der Waals surface area contributed by atoms with Crippen LogP contribution in [0.1, 0.15) is 11.1 Å². The van der Waals surface area contributed by atoms with Crippen LogP contribution in [0, 0.1) is 13.7 Å². The minimum atomic E-state index is -0.455. The number of ether oxygens (including phenoxy) is 1. The zero-order valence-electron chi connectivity index (χ0n) is 16.0. The Morgan fingerprint density at radius 1 is 1.13 bits per heavy atom. The van der Waals surface area contributed by atoms with Crippen LogP contribution < -0.4 is 4.74 Å². The fraction of sp³-hybridized carbons (Fsp3) is 0.150. The number of non-ortho nitro benzene ring substituents is 1. The molecule has 2 amide bonds. The molecule has 0 bridgehead atoms. The van der Waals surface area contributed by atoms with Gasteiger partial charge in [0.25, 0.3) is 17.5 Å². The molecule has 2 aromatic rings. The van der Waals surface area contributed by atoms with Crippen molar-refractivity contribution in [3.8, 4) is 5.75 Å². The maximum absolute atomic E-state index is 12.4. The second-order valence-corrected chi connectivity index (χ2v) is 8.00. The Hall–Kier alpha value is -2.86. The second kappa shape index (κ2) is 8.88. The summed E-state index contributed by atoms with van der Waals surface area (Å²) < 4.78 is 6.54. The number of benzene rings is 2. The quantitative estimate of drug-likeness (QED) is 0.145. The number of thiocarbonyl (C=S) groups is 1. The van der Waals surface area contributed by atoms with Crippen molar-refractivity contribution in [2.45, 2.75) is 6.61 Å². The first-order valence-corrected chi connectivity index (χ1v) is 10.1. The van der Waals surface area contributed by atoms with E-state index in [0.717, 1.165) is 3.57 Å². The van der Waals surface area contributed by atoms with Crippen LogP contribution in [0.4, 0.5) is 5.69 Å². The van der Waals surface area contributed by atoms with Gasteiger partial charge in [0.15, 0.2) is 5.11 Å². The number of hydrogen-bond donors (Lipinski definition) is 0. The highest BCUT2D eigenvalue weighted by Gasteiger charge is 2.35. The maximum Gasteiger partial charge on any atom is 0.269 e. The molecule has 154 valence electrons. The molecular weight excluding hydrogens is 521 g/mol. The van der Waals surface area contributed by atoms with Crippen LogP contribution in [-0.2, 0) is 16.2 Å². The zero-order chi connectivity index (χ0) is 22.0. The van der Waals surface area contributed by atoms with E-state index in [-0.39, 0.29) is 23.0 Å². The number of rotatable bonds is 5. The summed E-state index contributed by atoms with van der Waals surface area (Å²) in [5.74, 6) is -0.325. The van der Waals surface area contributed by atoms with E-state index < -0.39 is 16.7 Å². The molecule has 0 spiro atoms. The summed E-state index contributed by atoms with van der Waals surface area (Å²) in [7, 11) is 3.05. The van der Waals surface area contributed by atoms with E-state index >= 15 is 0 Å². The smallest absolute Gasteiger partial charge is 0.269 e. The SMILES string of the molecule is CN1C(=O)C(=Cc2ccc(OCc3cccc([N+](=O)[O-])c3)c(I)c2)C(=O)N(C)C1=S. The van der Waals surface area contributed by atoms with Crippen LogP contribution in [0.5, 0.6) is 5.75 Å². The topological polar surface area (TPSA) is 93.0 Å². The van der Waals surface area contributed by atoms with Gasteiger partial charge in [0.2, 0.25) is 0 Å². The first kappa shape index (κ1) is 21.8. The van der Waals surface area contributed by atoms with Crippen LogP contribution >= 0.6 is 34.8 Å². The van der Waals surface area contributed by atoms with Crippen LogP contribution in [0.15, 0.2) is 48.0 Å². The Labute approximate surface area is 191 Å². The van der Waals surface area contributed by atoms with Gasteiger partial charge in [-0.15, -0.1) is 0 Å². The number of carbonyl (C=O) groups is 2. The minimum absolute atomic E-state index is 0.00371. The van der Waals surface area contributed by atoms with Gasteiger partial charge < -0.3 is 4.74 Å². The highest BCUT2D eigenvalue weighted by molar-refractivity contribution is 14.1. The largest absolute Gasteiger partial charge is 0.488 e. The molecule has 0 atom stereocenters. The molecule has 3 rings (SSSR count). The van der Waals surface area contributed by atoms with Gasteiger partial charge in [-0.05, 0) is 64.1 Å². The lowest BCUT2D eigenvalue weighted by molar-refractivity contribution is -0.384. The normalized spacial score (nSPS) is 14.2. The first-order chi connectivity index (χ1) is 14.2. The van der Waals surface area contributed by atoms with E-state index in [9.17, 15) is 19.7 Å². The van der Waals surface area contributed by atoms with Gasteiger partial charge in [0.05, 0.1) is 8.49 Å². The minimum Gasteiger partial charge on any atom is -0.488 e. The average molecular weight is 537 g/mol. The number of likely N-dealkylation sites (N-methyl/N-ethyl adjacent to an activating group) is 2. The predicted octanol–water partition coefficient (Wildman–Crippen LogP) is 3.38. The molecule has 0 aromatic heterocycles. The lowest BCUT2D eigenvalue weighted by Crippen LogP contribution is -2.52. The highest BCUT2D eigenvalue weighted by Crippen LogP contribution is 2.26. The van der Waals surface area contributed by atoms with Crippen molar-refractivity contribution in [3.63, 3.8) is 0 Å². The molecule has 0 aliphatic carbocycles. The predicted molar refractivity (Wildman–Crippen MR) is 123 cm³/mol. The molecule has 0 N–H and O–H groups in total. The molecule has 2 aromatic carbocycles. The summed E-state index contributed by atoms with van der Waals surface area (Å²) in [5, 5.41) is 11.0. The third kappa shape index (κ3) is 4.49. The van der Waals surface area contributed by atoms with Crippen molar-refractivity contribution < 1.29 is 19.2 Å². The molecular formula is C20H16IN3O5S. The van der Waals surface area contributed by atoms with Crippen LogP contribution in [0.3, 0.4) is 0 Å². The third-order valence-electron chi connectivity index (χ3n) is 4.43. The molecule has 30 heavy (non-hydrogen) atoms. The van der Waals surface area contributed by atoms with Gasteiger partial charge in [0, 0.05) is 26.2 Å². The van der Waals surface area contributed by atoms with Gasteiger partial charge in [-0.25, -0.2) is 0 Å². The molecule has 1 aliphatic heterocycles. The molecule has 0 saturated carbocycles. The molecule has 0 unspecified atom stereocenters. The van der Waals surface area contributed by atoms with Crippen LogP contribution in [-0.4, -0.2) is 45.7 Å². The van der Waals surface area contributed by atoms with Crippen LogP contribution in [0.25, 0.3) is 6.08 Å². The summed E-state index contributed by atoms with van der Waals surface area (Å²) in [4.78, 5) is 37.8. The van der Waals surface area contributed by atoms with E-state index in [1.165, 1.54) is 42.1 Å². The number of nitro groups is 1. The number of nitro benzene ring substituents is 1. The van der Waals surface area contributed by atoms with E-state index in [1.54, 1.807) is 30.3 Å². The van der Waals surface area contributed by atoms with Crippen molar-refractivity contribution in [2.75, 3.05) is 14.1 Å². The van der Waals surface area contributed by atoms with E-state index in [4.69, 9.17) is 17.0 Å². The molecule has 1 saturated heterocycles. The average Bonchev–Trinajstić information content (AvgIpc) is 2.73. The van der Waals surface area contributed by atoms with Crippen molar-refractivity contribution in [1.82, 2.24) is 9.80 Å². The standard InChI is InChI=1S/C20H16IN3O5S/c1-22-18(25)15(19(26)23(2)20(22)30)9-12-6-7-17(16(21)10-12)29-11-13-4-3-5-14(8-13)24(27)28/h3-10H,11H2,1-2H3. The van der Waals surface area contributed by atoms with Gasteiger partial charge in [-0.2, -0.15) is 0 Å². The molecule has 1 heterocycles. The summed E-state index contributed by atoms with van der Waals surface area (Å²) in [6.45, 7) is 0.169. The van der Waals surface area contributed by atoms with Crippen LogP contribution in [0.2, 0.25) is 0 Å². The summed E-state index contributed by atoms with van der Waals surface area (Å²) in [6, 6.07) is 11.5. The summed E-state index contributed by atoms with van der Waals surface area (Å²) in [6.07, 6.45) is 1.52. The molecule has 10 heteroatoms. The molecule has 8 nitrogen and oxygen atoms in total. The fourth-order valence-electron chi connectivity index (χ4n) is 2.79. The van der Waals surface area contributed by atoms with Gasteiger partial charge in [-0.3, -0.25) is 29.5 Å². The van der Waals surface area contributed by atoms with Crippen molar-refractivity contribution >= 4 is 63.5 Å². The van der Waals surface area contributed by atoms with E-state index in [2.05, 4.69) is 22.6 Å². The highest BCUT2D eigenvalue weighted by atomic mass is 127. The van der Waals surface area contributed by atoms with Gasteiger partial charge >= 0.3 is 0 Å². The Morgan fingerprint density at radius 3 is 2.40 bits per heavy atom. The van der Waals surface area contributed by atoms with Crippen molar-refractivity contribution in [3.05, 3.63) is 72.8 Å². The Kier molecular flexibility index (Phi) is 6.46. The molecule has 0 radical (unpaired) electrons. The number of hydrogen-bond acceptors (Lipinski definition) is 6.